The van der Waals surface area contributed by atoms with Gasteiger partial charge in [-0.2, -0.15) is 4.98 Å². The summed E-state index contributed by atoms with van der Waals surface area (Å²) in [4.78, 5) is 42.9. The summed E-state index contributed by atoms with van der Waals surface area (Å²) < 4.78 is 12.4. The lowest BCUT2D eigenvalue weighted by molar-refractivity contribution is -0.126. The van der Waals surface area contributed by atoms with Crippen LogP contribution in [0.25, 0.3) is 5.95 Å². The van der Waals surface area contributed by atoms with Gasteiger partial charge < -0.3 is 19.7 Å². The number of nitrogens with zero attached hydrogens (tertiary/aromatic N) is 6. The monoisotopic (exact) mass is 547 g/mol. The Hall–Kier alpha value is -4.64. The van der Waals surface area contributed by atoms with Crippen LogP contribution in [0.4, 0.5) is 10.6 Å². The number of rotatable bonds is 7. The molecule has 1 fully saturated rings. The maximum atomic E-state index is 13.5. The Morgan fingerprint density at radius 2 is 1.85 bits per heavy atom. The summed E-state index contributed by atoms with van der Waals surface area (Å²) in [5.74, 6) is 1.68. The molecule has 1 unspecified atom stereocenters. The standard InChI is InChI=1S/C27H26ClN7O4/c1-38-20-9-7-19(8-10-20)16-30-25(36)22-17-33(13-14-35(22)27(37)39-21-5-3-2-4-6-21)24-15-23(28)31-26(32-24)34-12-11-29-18-34/h2-12,15,18,22H,13-14,16-17H2,1H3,(H,30,36). The number of imidazole rings is 1. The van der Waals surface area contributed by atoms with Crippen molar-refractivity contribution in [3.05, 3.63) is 90.1 Å². The van der Waals surface area contributed by atoms with Gasteiger partial charge in [-0.3, -0.25) is 14.3 Å². The number of hydrogen-bond donors (Lipinski definition) is 1. The molecular formula is C27H26ClN7O4. The minimum atomic E-state index is -0.848. The highest BCUT2D eigenvalue weighted by Crippen LogP contribution is 2.23. The summed E-state index contributed by atoms with van der Waals surface area (Å²) in [5.41, 5.74) is 0.891. The Morgan fingerprint density at radius 3 is 2.56 bits per heavy atom. The van der Waals surface area contributed by atoms with Gasteiger partial charge in [0.15, 0.2) is 0 Å². The fourth-order valence-electron chi connectivity index (χ4n) is 4.18. The number of carbonyl (C=O) groups is 2. The van der Waals surface area contributed by atoms with Gasteiger partial charge >= 0.3 is 6.09 Å². The molecule has 0 aliphatic carbocycles. The van der Waals surface area contributed by atoms with E-state index in [1.165, 1.54) is 4.90 Å². The minimum absolute atomic E-state index is 0.176. The van der Waals surface area contributed by atoms with Crippen molar-refractivity contribution in [3.8, 4) is 17.4 Å². The second-order valence-electron chi connectivity index (χ2n) is 8.72. The Labute approximate surface area is 230 Å². The molecule has 1 aliphatic rings. The first-order valence-electron chi connectivity index (χ1n) is 12.2. The lowest BCUT2D eigenvalue weighted by atomic mass is 10.1. The lowest BCUT2D eigenvalue weighted by Gasteiger charge is -2.40. The SMILES string of the molecule is COc1ccc(CNC(=O)C2CN(c3cc(Cl)nc(-n4ccnc4)n3)CCN2C(=O)Oc2ccccc2)cc1. The number of aromatic nitrogens is 4. The van der Waals surface area contributed by atoms with Crippen molar-refractivity contribution in [2.24, 2.45) is 0 Å². The molecule has 12 heteroatoms. The second kappa shape index (κ2) is 11.8. The Kier molecular flexibility index (Phi) is 7.88. The number of carbonyl (C=O) groups excluding carboxylic acids is 2. The number of amides is 2. The fourth-order valence-corrected chi connectivity index (χ4v) is 4.35. The lowest BCUT2D eigenvalue weighted by Crippen LogP contribution is -2.61. The molecule has 1 atom stereocenters. The van der Waals surface area contributed by atoms with Crippen molar-refractivity contribution < 1.29 is 19.1 Å². The molecule has 1 saturated heterocycles. The highest BCUT2D eigenvalue weighted by Gasteiger charge is 2.37. The van der Waals surface area contributed by atoms with Gasteiger partial charge in [0.25, 0.3) is 0 Å². The number of halogens is 1. The zero-order valence-corrected chi connectivity index (χ0v) is 21.9. The molecule has 11 nitrogen and oxygen atoms in total. The minimum Gasteiger partial charge on any atom is -0.497 e. The van der Waals surface area contributed by atoms with Crippen LogP contribution in [0, 0.1) is 0 Å². The molecule has 1 aliphatic heterocycles. The van der Waals surface area contributed by atoms with E-state index in [2.05, 4.69) is 20.3 Å². The van der Waals surface area contributed by atoms with Crippen LogP contribution >= 0.6 is 11.6 Å². The topological polar surface area (TPSA) is 115 Å². The van der Waals surface area contributed by atoms with Crippen molar-refractivity contribution in [2.45, 2.75) is 12.6 Å². The quantitative estimate of drug-likeness (QED) is 0.350. The van der Waals surface area contributed by atoms with E-state index >= 15 is 0 Å². The van der Waals surface area contributed by atoms with Crippen molar-refractivity contribution in [1.82, 2.24) is 29.7 Å². The first kappa shape index (κ1) is 26.0. The molecule has 4 aromatic rings. The smallest absolute Gasteiger partial charge is 0.416 e. The molecule has 0 saturated carbocycles. The van der Waals surface area contributed by atoms with Gasteiger partial charge in [0.2, 0.25) is 11.9 Å². The van der Waals surface area contributed by atoms with Crippen LogP contribution in [0.2, 0.25) is 5.15 Å². The fraction of sp³-hybridized carbons (Fsp3) is 0.222. The van der Waals surface area contributed by atoms with E-state index in [9.17, 15) is 9.59 Å². The molecule has 1 N–H and O–H groups in total. The first-order chi connectivity index (χ1) is 19.0. The molecule has 2 aromatic carbocycles. The van der Waals surface area contributed by atoms with Crippen molar-refractivity contribution in [2.75, 3.05) is 31.6 Å². The molecule has 0 bridgehead atoms. The molecular weight excluding hydrogens is 522 g/mol. The molecule has 200 valence electrons. The first-order valence-corrected chi connectivity index (χ1v) is 12.6. The van der Waals surface area contributed by atoms with Crippen molar-refractivity contribution in [3.63, 3.8) is 0 Å². The molecule has 2 amide bonds. The number of hydrogen-bond acceptors (Lipinski definition) is 8. The number of piperazine rings is 1. The van der Waals surface area contributed by atoms with Gasteiger partial charge in [0.1, 0.15) is 34.8 Å². The molecule has 2 aromatic heterocycles. The van der Waals surface area contributed by atoms with E-state index in [1.54, 1.807) is 60.7 Å². The summed E-state index contributed by atoms with van der Waals surface area (Å²) >= 11 is 6.31. The third-order valence-electron chi connectivity index (χ3n) is 6.22. The van der Waals surface area contributed by atoms with Gasteiger partial charge in [-0.15, -0.1) is 0 Å². The largest absolute Gasteiger partial charge is 0.497 e. The van der Waals surface area contributed by atoms with Crippen LogP contribution < -0.4 is 19.7 Å². The van der Waals surface area contributed by atoms with E-state index in [4.69, 9.17) is 21.1 Å². The van der Waals surface area contributed by atoms with E-state index in [1.807, 2.05) is 35.2 Å². The van der Waals surface area contributed by atoms with Gasteiger partial charge in [-0.1, -0.05) is 41.9 Å². The number of ether oxygens (including phenoxy) is 2. The predicted molar refractivity (Wildman–Crippen MR) is 144 cm³/mol. The van der Waals surface area contributed by atoms with E-state index in [0.717, 1.165) is 11.3 Å². The number of para-hydroxylation sites is 1. The molecule has 39 heavy (non-hydrogen) atoms. The van der Waals surface area contributed by atoms with Gasteiger partial charge in [0.05, 0.1) is 7.11 Å². The normalized spacial score (nSPS) is 15.1. The van der Waals surface area contributed by atoms with Crippen LogP contribution in [0.5, 0.6) is 11.5 Å². The zero-order chi connectivity index (χ0) is 27.2. The van der Waals surface area contributed by atoms with Crippen LogP contribution in [0.3, 0.4) is 0 Å². The molecule has 0 radical (unpaired) electrons. The van der Waals surface area contributed by atoms with Crippen LogP contribution in [-0.2, 0) is 11.3 Å². The Balaban J connectivity index is 1.36. The van der Waals surface area contributed by atoms with Gasteiger partial charge in [-0.25, -0.2) is 14.8 Å². The van der Waals surface area contributed by atoms with Crippen molar-refractivity contribution >= 4 is 29.4 Å². The number of benzene rings is 2. The van der Waals surface area contributed by atoms with Gasteiger partial charge in [0, 0.05) is 44.6 Å². The second-order valence-corrected chi connectivity index (χ2v) is 9.11. The molecule has 0 spiro atoms. The molecule has 3 heterocycles. The average molecular weight is 548 g/mol. The number of anilines is 1. The summed E-state index contributed by atoms with van der Waals surface area (Å²) in [5, 5.41) is 3.19. The number of nitrogens with one attached hydrogen (secondary N) is 1. The Bertz CT molecular complexity index is 1420. The maximum absolute atomic E-state index is 13.5. The summed E-state index contributed by atoms with van der Waals surface area (Å²) in [6.07, 6.45) is 4.29. The van der Waals surface area contributed by atoms with Crippen LogP contribution in [-0.4, -0.2) is 69.2 Å². The zero-order valence-electron chi connectivity index (χ0n) is 21.1. The summed E-state index contributed by atoms with van der Waals surface area (Å²) in [7, 11) is 1.60. The number of methoxy groups -OCH3 is 1. The van der Waals surface area contributed by atoms with Crippen molar-refractivity contribution in [1.29, 1.82) is 0 Å². The highest BCUT2D eigenvalue weighted by atomic mass is 35.5. The van der Waals surface area contributed by atoms with E-state index in [0.29, 0.717) is 24.1 Å². The third kappa shape index (κ3) is 6.27. The van der Waals surface area contributed by atoms with E-state index < -0.39 is 12.1 Å². The van der Waals surface area contributed by atoms with Crippen LogP contribution in [0.15, 0.2) is 79.4 Å². The third-order valence-corrected chi connectivity index (χ3v) is 6.41. The summed E-state index contributed by atoms with van der Waals surface area (Å²) in [6.45, 7) is 1.09. The molecule has 5 rings (SSSR count). The predicted octanol–water partition coefficient (Wildman–Crippen LogP) is 3.33. The van der Waals surface area contributed by atoms with Gasteiger partial charge in [-0.05, 0) is 29.8 Å². The average Bonchev–Trinajstić information content (AvgIpc) is 3.51. The maximum Gasteiger partial charge on any atom is 0.416 e. The Morgan fingerprint density at radius 1 is 1.05 bits per heavy atom. The highest BCUT2D eigenvalue weighted by molar-refractivity contribution is 6.29. The summed E-state index contributed by atoms with van der Waals surface area (Å²) in [6, 6.07) is 16.9. The van der Waals surface area contributed by atoms with E-state index in [-0.39, 0.29) is 30.7 Å². The van der Waals surface area contributed by atoms with Crippen LogP contribution in [0.1, 0.15) is 5.56 Å².